The molecule has 2 aromatic rings. The van der Waals surface area contributed by atoms with Crippen LogP contribution >= 0.6 is 12.2 Å². The molecule has 0 spiro atoms. The Morgan fingerprint density at radius 1 is 1.35 bits per heavy atom. The third kappa shape index (κ3) is 3.30. The molecule has 5 nitrogen and oxygen atoms in total. The van der Waals surface area contributed by atoms with E-state index in [0.29, 0.717) is 0 Å². The SMILES string of the molecule is Cc1cc(/C=C(\C#N)C(N)=S)c(C)n1-c1ccc(C(=O)O)cc1. The molecule has 23 heavy (non-hydrogen) atoms. The van der Waals surface area contributed by atoms with Crippen LogP contribution in [-0.4, -0.2) is 20.6 Å². The van der Waals surface area contributed by atoms with E-state index in [4.69, 9.17) is 28.3 Å². The van der Waals surface area contributed by atoms with Crippen LogP contribution in [0.2, 0.25) is 0 Å². The number of carboxylic acid groups (broad SMARTS) is 1. The van der Waals surface area contributed by atoms with Gasteiger partial charge in [0.25, 0.3) is 0 Å². The number of hydrogen-bond donors (Lipinski definition) is 2. The van der Waals surface area contributed by atoms with E-state index >= 15 is 0 Å². The first-order chi connectivity index (χ1) is 10.8. The van der Waals surface area contributed by atoms with Gasteiger partial charge in [-0.25, -0.2) is 4.79 Å². The Morgan fingerprint density at radius 3 is 2.43 bits per heavy atom. The fourth-order valence-electron chi connectivity index (χ4n) is 2.40. The lowest BCUT2D eigenvalue weighted by atomic mass is 10.1. The number of thiocarbonyl (C=S) groups is 1. The van der Waals surface area contributed by atoms with Crippen molar-refractivity contribution in [3.8, 4) is 11.8 Å². The molecule has 0 saturated heterocycles. The van der Waals surface area contributed by atoms with E-state index in [9.17, 15) is 4.79 Å². The van der Waals surface area contributed by atoms with Crippen LogP contribution in [0.15, 0.2) is 35.9 Å². The Morgan fingerprint density at radius 2 is 1.96 bits per heavy atom. The number of benzene rings is 1. The Labute approximate surface area is 139 Å². The minimum Gasteiger partial charge on any atom is -0.478 e. The second kappa shape index (κ2) is 6.46. The molecule has 2 rings (SSSR count). The van der Waals surface area contributed by atoms with Gasteiger partial charge >= 0.3 is 5.97 Å². The van der Waals surface area contributed by atoms with Crippen LogP contribution in [0.5, 0.6) is 0 Å². The van der Waals surface area contributed by atoms with Crippen molar-refractivity contribution in [1.29, 1.82) is 5.26 Å². The van der Waals surface area contributed by atoms with Crippen molar-refractivity contribution in [2.24, 2.45) is 5.73 Å². The number of carboxylic acids is 1. The predicted octanol–water partition coefficient (Wildman–Crippen LogP) is 2.99. The fourth-order valence-corrected chi connectivity index (χ4v) is 2.50. The number of aromatic nitrogens is 1. The highest BCUT2D eigenvalue weighted by Crippen LogP contribution is 2.23. The molecule has 0 unspecified atom stereocenters. The van der Waals surface area contributed by atoms with Crippen molar-refractivity contribution < 1.29 is 9.90 Å². The zero-order valence-electron chi connectivity index (χ0n) is 12.7. The molecule has 1 heterocycles. The molecule has 0 aliphatic heterocycles. The monoisotopic (exact) mass is 325 g/mol. The smallest absolute Gasteiger partial charge is 0.335 e. The van der Waals surface area contributed by atoms with Crippen LogP contribution in [0.25, 0.3) is 11.8 Å². The largest absolute Gasteiger partial charge is 0.478 e. The molecule has 0 atom stereocenters. The van der Waals surface area contributed by atoms with Crippen molar-refractivity contribution in [3.05, 3.63) is 58.4 Å². The molecule has 0 bridgehead atoms. The van der Waals surface area contributed by atoms with E-state index in [1.807, 2.05) is 30.6 Å². The van der Waals surface area contributed by atoms with Gasteiger partial charge in [-0.2, -0.15) is 5.26 Å². The molecule has 0 radical (unpaired) electrons. The van der Waals surface area contributed by atoms with Gasteiger partial charge in [-0.1, -0.05) is 12.2 Å². The number of aryl methyl sites for hydroxylation is 1. The second-order valence-corrected chi connectivity index (χ2v) is 5.49. The maximum absolute atomic E-state index is 10.9. The summed E-state index contributed by atoms with van der Waals surface area (Å²) >= 11 is 4.85. The van der Waals surface area contributed by atoms with Gasteiger partial charge in [0.15, 0.2) is 0 Å². The Hall–Kier alpha value is -2.91. The van der Waals surface area contributed by atoms with Crippen LogP contribution < -0.4 is 5.73 Å². The molecule has 0 aliphatic carbocycles. The van der Waals surface area contributed by atoms with Gasteiger partial charge in [-0.15, -0.1) is 0 Å². The topological polar surface area (TPSA) is 92.0 Å². The Kier molecular flexibility index (Phi) is 4.63. The maximum atomic E-state index is 10.9. The van der Waals surface area contributed by atoms with Gasteiger partial charge in [0.2, 0.25) is 0 Å². The number of hydrogen-bond acceptors (Lipinski definition) is 3. The summed E-state index contributed by atoms with van der Waals surface area (Å²) < 4.78 is 1.98. The van der Waals surface area contributed by atoms with Gasteiger partial charge in [0, 0.05) is 17.1 Å². The average molecular weight is 325 g/mol. The summed E-state index contributed by atoms with van der Waals surface area (Å²) in [5.41, 5.74) is 9.56. The lowest BCUT2D eigenvalue weighted by Gasteiger charge is -2.10. The first kappa shape index (κ1) is 16.5. The van der Waals surface area contributed by atoms with Crippen molar-refractivity contribution in [3.63, 3.8) is 0 Å². The molecule has 0 amide bonds. The van der Waals surface area contributed by atoms with Crippen molar-refractivity contribution in [1.82, 2.24) is 4.57 Å². The van der Waals surface area contributed by atoms with E-state index in [2.05, 4.69) is 0 Å². The van der Waals surface area contributed by atoms with Crippen LogP contribution in [-0.2, 0) is 0 Å². The third-order valence-corrected chi connectivity index (χ3v) is 3.75. The number of nitrogens with two attached hydrogens (primary N) is 1. The van der Waals surface area contributed by atoms with Crippen molar-refractivity contribution in [2.45, 2.75) is 13.8 Å². The van der Waals surface area contributed by atoms with Crippen LogP contribution in [0, 0.1) is 25.2 Å². The van der Waals surface area contributed by atoms with E-state index in [1.54, 1.807) is 30.3 Å². The lowest BCUT2D eigenvalue weighted by molar-refractivity contribution is 0.0697. The molecule has 0 fully saturated rings. The fraction of sp³-hybridized carbons (Fsp3) is 0.118. The van der Waals surface area contributed by atoms with Gasteiger partial charge in [0.1, 0.15) is 11.1 Å². The molecular formula is C17H15N3O2S. The van der Waals surface area contributed by atoms with Gasteiger partial charge < -0.3 is 15.4 Å². The molecular weight excluding hydrogens is 310 g/mol. The van der Waals surface area contributed by atoms with E-state index in [-0.39, 0.29) is 16.1 Å². The predicted molar refractivity (Wildman–Crippen MR) is 92.6 cm³/mol. The summed E-state index contributed by atoms with van der Waals surface area (Å²) in [6, 6.07) is 10.5. The number of aromatic carboxylic acids is 1. The number of rotatable bonds is 4. The molecule has 6 heteroatoms. The summed E-state index contributed by atoms with van der Waals surface area (Å²) in [6.45, 7) is 3.85. The van der Waals surface area contributed by atoms with Crippen LogP contribution in [0.1, 0.15) is 27.3 Å². The summed E-state index contributed by atoms with van der Waals surface area (Å²) in [7, 11) is 0. The van der Waals surface area contributed by atoms with Crippen molar-refractivity contribution >= 4 is 29.3 Å². The highest BCUT2D eigenvalue weighted by atomic mass is 32.1. The highest BCUT2D eigenvalue weighted by molar-refractivity contribution is 7.80. The van der Waals surface area contributed by atoms with Gasteiger partial charge in [-0.3, -0.25) is 0 Å². The van der Waals surface area contributed by atoms with Gasteiger partial charge in [-0.05, 0) is 55.8 Å². The number of nitriles is 1. The van der Waals surface area contributed by atoms with E-state index < -0.39 is 5.97 Å². The summed E-state index contributed by atoms with van der Waals surface area (Å²) in [4.78, 5) is 11.0. The number of carbonyl (C=O) groups is 1. The Bertz CT molecular complexity index is 855. The summed E-state index contributed by atoms with van der Waals surface area (Å²) in [5, 5.41) is 18.0. The highest BCUT2D eigenvalue weighted by Gasteiger charge is 2.11. The minimum absolute atomic E-state index is 0.0584. The lowest BCUT2D eigenvalue weighted by Crippen LogP contribution is -2.09. The van der Waals surface area contributed by atoms with Crippen molar-refractivity contribution in [2.75, 3.05) is 0 Å². The zero-order chi connectivity index (χ0) is 17.1. The third-order valence-electron chi connectivity index (χ3n) is 3.53. The quantitative estimate of drug-likeness (QED) is 0.512. The molecule has 1 aromatic heterocycles. The Balaban J connectivity index is 2.52. The summed E-state index contributed by atoms with van der Waals surface area (Å²) in [6.07, 6.45) is 1.66. The summed E-state index contributed by atoms with van der Waals surface area (Å²) in [5.74, 6) is -0.962. The molecule has 0 saturated carbocycles. The standard InChI is InChI=1S/C17H15N3O2S/c1-10-7-13(8-14(9-18)16(19)23)11(2)20(10)15-5-3-12(4-6-15)17(21)22/h3-8H,1-2H3,(H2,19,23)(H,21,22)/b14-8+. The van der Waals surface area contributed by atoms with E-state index in [1.165, 1.54) is 0 Å². The number of nitrogens with zero attached hydrogens (tertiary/aromatic N) is 2. The molecule has 116 valence electrons. The maximum Gasteiger partial charge on any atom is 0.335 e. The molecule has 3 N–H and O–H groups in total. The van der Waals surface area contributed by atoms with E-state index in [0.717, 1.165) is 22.6 Å². The average Bonchev–Trinajstić information content (AvgIpc) is 2.78. The first-order valence-corrected chi connectivity index (χ1v) is 7.20. The van der Waals surface area contributed by atoms with Crippen LogP contribution in [0.4, 0.5) is 0 Å². The molecule has 1 aromatic carbocycles. The normalized spacial score (nSPS) is 11.1. The molecule has 0 aliphatic rings. The first-order valence-electron chi connectivity index (χ1n) is 6.79. The minimum atomic E-state index is -0.962. The second-order valence-electron chi connectivity index (χ2n) is 5.05. The van der Waals surface area contributed by atoms with Crippen LogP contribution in [0.3, 0.4) is 0 Å². The van der Waals surface area contributed by atoms with Gasteiger partial charge in [0.05, 0.1) is 11.1 Å². The zero-order valence-corrected chi connectivity index (χ0v) is 13.5.